The van der Waals surface area contributed by atoms with Gasteiger partial charge in [-0.2, -0.15) is 0 Å². The van der Waals surface area contributed by atoms with Crippen LogP contribution >= 0.6 is 0 Å². The van der Waals surface area contributed by atoms with Crippen LogP contribution in [0.25, 0.3) is 5.70 Å². The zero-order valence-corrected chi connectivity index (χ0v) is 10.1. The summed E-state index contributed by atoms with van der Waals surface area (Å²) < 4.78 is 1.36. The van der Waals surface area contributed by atoms with E-state index in [1.165, 1.54) is 9.65 Å². The molecule has 2 rings (SSSR count). The number of hydrogen-bond acceptors (Lipinski definition) is 4. The molecule has 0 saturated heterocycles. The molecular formula is C10H9IrN2O2. The first-order valence-electron chi connectivity index (χ1n) is 4.31. The molecule has 1 aliphatic heterocycles. The van der Waals surface area contributed by atoms with E-state index < -0.39 is 5.91 Å². The first-order valence-corrected chi connectivity index (χ1v) is 5.38. The number of hydrogen-bond donors (Lipinski definition) is 2. The van der Waals surface area contributed by atoms with Crippen LogP contribution in [0.3, 0.4) is 0 Å². The van der Waals surface area contributed by atoms with Gasteiger partial charge in [0.1, 0.15) is 0 Å². The summed E-state index contributed by atoms with van der Waals surface area (Å²) in [5, 5.41) is 19.2. The SMILES string of the molecule is OC1(O)C=CC=C(c2ccccn2)[N]1[Ir]. The van der Waals surface area contributed by atoms with Crippen molar-refractivity contribution in [2.45, 2.75) is 5.91 Å². The van der Waals surface area contributed by atoms with E-state index in [-0.39, 0.29) is 0 Å². The van der Waals surface area contributed by atoms with E-state index in [1.807, 2.05) is 18.2 Å². The average molecular weight is 381 g/mol. The van der Waals surface area contributed by atoms with Crippen LogP contribution < -0.4 is 0 Å². The number of rotatable bonds is 1. The molecule has 1 aromatic rings. The molecule has 4 nitrogen and oxygen atoms in total. The molecule has 0 bridgehead atoms. The maximum atomic E-state index is 9.60. The Morgan fingerprint density at radius 1 is 1.33 bits per heavy atom. The van der Waals surface area contributed by atoms with Gasteiger partial charge >= 0.3 is 97.8 Å². The van der Waals surface area contributed by atoms with Crippen molar-refractivity contribution in [3.05, 3.63) is 48.3 Å². The van der Waals surface area contributed by atoms with E-state index in [1.54, 1.807) is 37.5 Å². The quantitative estimate of drug-likeness (QED) is 0.692. The van der Waals surface area contributed by atoms with Crippen molar-refractivity contribution in [2.75, 3.05) is 0 Å². The molecule has 80 valence electrons. The van der Waals surface area contributed by atoms with Crippen LogP contribution in [0, 0.1) is 0 Å². The zero-order chi connectivity index (χ0) is 10.9. The second-order valence-corrected chi connectivity index (χ2v) is 4.15. The van der Waals surface area contributed by atoms with E-state index in [4.69, 9.17) is 0 Å². The first-order chi connectivity index (χ1) is 7.11. The van der Waals surface area contributed by atoms with Crippen LogP contribution in [-0.2, 0) is 19.1 Å². The molecule has 15 heavy (non-hydrogen) atoms. The summed E-state index contributed by atoms with van der Waals surface area (Å²) >= 11 is 1.60. The summed E-state index contributed by atoms with van der Waals surface area (Å²) in [6.07, 6.45) is 6.36. The van der Waals surface area contributed by atoms with Gasteiger partial charge in [-0.3, -0.25) is 0 Å². The molecule has 1 aromatic heterocycles. The van der Waals surface area contributed by atoms with Gasteiger partial charge in [0.25, 0.3) is 0 Å². The predicted octanol–water partition coefficient (Wildman–Crippen LogP) is 0.394. The van der Waals surface area contributed by atoms with Gasteiger partial charge in [0.15, 0.2) is 0 Å². The second-order valence-electron chi connectivity index (χ2n) is 3.07. The van der Waals surface area contributed by atoms with Crippen LogP contribution in [0.5, 0.6) is 0 Å². The Labute approximate surface area is 98.0 Å². The Morgan fingerprint density at radius 3 is 2.80 bits per heavy atom. The predicted molar refractivity (Wildman–Crippen MR) is 50.4 cm³/mol. The van der Waals surface area contributed by atoms with E-state index in [2.05, 4.69) is 4.98 Å². The van der Waals surface area contributed by atoms with Crippen molar-refractivity contribution >= 4 is 5.70 Å². The zero-order valence-electron chi connectivity index (χ0n) is 7.66. The molecule has 0 aliphatic carbocycles. The summed E-state index contributed by atoms with van der Waals surface area (Å²) in [7, 11) is 0. The van der Waals surface area contributed by atoms with Crippen LogP contribution in [-0.4, -0.2) is 24.7 Å². The third-order valence-electron chi connectivity index (χ3n) is 1.98. The normalized spacial score (nSPS) is 18.9. The second kappa shape index (κ2) is 3.87. The molecule has 1 aliphatic rings. The van der Waals surface area contributed by atoms with Gasteiger partial charge in [0, 0.05) is 0 Å². The number of allylic oxidation sites excluding steroid dienone is 2. The van der Waals surface area contributed by atoms with Gasteiger partial charge in [-0.1, -0.05) is 0 Å². The fraction of sp³-hybridized carbons (Fsp3) is 0.100. The Kier molecular flexibility index (Phi) is 2.71. The summed E-state index contributed by atoms with van der Waals surface area (Å²) in [6.45, 7) is 0. The van der Waals surface area contributed by atoms with Crippen molar-refractivity contribution in [3.8, 4) is 0 Å². The standard InChI is InChI=1S/C10H9N2O2.Ir/c13-10(14)6-3-5-9(12-10)8-4-1-2-7-11-8;/h1-7,13-14H;/q-1;+1. The summed E-state index contributed by atoms with van der Waals surface area (Å²) in [4.78, 5) is 4.15. The molecule has 2 heterocycles. The monoisotopic (exact) mass is 382 g/mol. The average Bonchev–Trinajstić information content (AvgIpc) is 2.23. The molecular weight excluding hydrogens is 372 g/mol. The fourth-order valence-electron chi connectivity index (χ4n) is 1.26. The van der Waals surface area contributed by atoms with Crippen LogP contribution in [0.2, 0.25) is 0 Å². The van der Waals surface area contributed by atoms with Crippen molar-refractivity contribution in [1.29, 1.82) is 0 Å². The Morgan fingerprint density at radius 2 is 2.13 bits per heavy atom. The Bertz CT molecular complexity index is 415. The number of pyridine rings is 1. The van der Waals surface area contributed by atoms with Crippen molar-refractivity contribution in [1.82, 2.24) is 8.55 Å². The molecule has 5 heteroatoms. The molecule has 0 unspecified atom stereocenters. The van der Waals surface area contributed by atoms with Crippen molar-refractivity contribution in [2.24, 2.45) is 0 Å². The molecule has 0 radical (unpaired) electrons. The molecule has 0 amide bonds. The molecule has 0 spiro atoms. The number of aromatic nitrogens is 1. The first kappa shape index (κ1) is 10.5. The fourth-order valence-corrected chi connectivity index (χ4v) is 1.90. The molecule has 0 saturated carbocycles. The Balaban J connectivity index is 2.39. The van der Waals surface area contributed by atoms with Gasteiger partial charge < -0.3 is 0 Å². The van der Waals surface area contributed by atoms with E-state index in [0.717, 1.165) is 0 Å². The topological polar surface area (TPSA) is 56.6 Å². The van der Waals surface area contributed by atoms with Gasteiger partial charge in [-0.15, -0.1) is 0 Å². The molecule has 0 aromatic carbocycles. The van der Waals surface area contributed by atoms with Gasteiger partial charge in [0.2, 0.25) is 0 Å². The minimum atomic E-state index is -1.94. The van der Waals surface area contributed by atoms with Crippen LogP contribution in [0.4, 0.5) is 0 Å². The van der Waals surface area contributed by atoms with Crippen LogP contribution in [0.15, 0.2) is 42.6 Å². The van der Waals surface area contributed by atoms with Crippen molar-refractivity contribution in [3.63, 3.8) is 0 Å². The molecule has 0 fully saturated rings. The van der Waals surface area contributed by atoms with E-state index >= 15 is 0 Å². The summed E-state index contributed by atoms with van der Waals surface area (Å²) in [5.74, 6) is -1.94. The van der Waals surface area contributed by atoms with Gasteiger partial charge in [0.05, 0.1) is 0 Å². The molecule has 0 atom stereocenters. The van der Waals surface area contributed by atoms with Gasteiger partial charge in [-0.25, -0.2) is 0 Å². The summed E-state index contributed by atoms with van der Waals surface area (Å²) in [5.41, 5.74) is 1.37. The Hall–Kier alpha value is -1.00. The van der Waals surface area contributed by atoms with E-state index in [9.17, 15) is 10.2 Å². The van der Waals surface area contributed by atoms with Gasteiger partial charge in [-0.05, 0) is 0 Å². The van der Waals surface area contributed by atoms with E-state index in [0.29, 0.717) is 11.4 Å². The maximum absolute atomic E-state index is 9.60. The number of aliphatic hydroxyl groups is 2. The third-order valence-corrected chi connectivity index (χ3v) is 3.34. The van der Waals surface area contributed by atoms with Crippen LogP contribution in [0.1, 0.15) is 5.69 Å². The number of nitrogens with zero attached hydrogens (tertiary/aromatic N) is 2. The summed E-state index contributed by atoms with van der Waals surface area (Å²) in [6, 6.07) is 5.48. The van der Waals surface area contributed by atoms with Crippen molar-refractivity contribution < 1.29 is 29.4 Å². The minimum absolute atomic E-state index is 0.670. The molecule has 2 N–H and O–H groups in total. The third kappa shape index (κ3) is 2.01.